The van der Waals surface area contributed by atoms with Crippen LogP contribution < -0.4 is 0 Å². The molecule has 0 amide bonds. The average molecular weight is 956 g/mol. The van der Waals surface area contributed by atoms with Gasteiger partial charge in [0, 0.05) is 65.9 Å². The molecule has 12 aromatic carbocycles. The van der Waals surface area contributed by atoms with Crippen LogP contribution in [0, 0.1) is 0 Å². The highest BCUT2D eigenvalue weighted by atomic mass is 16.3. The number of para-hydroxylation sites is 4. The Hall–Kier alpha value is -10.2. The maximum absolute atomic E-state index is 6.52. The predicted octanol–water partition coefficient (Wildman–Crippen LogP) is 18.1. The summed E-state index contributed by atoms with van der Waals surface area (Å²) in [6.45, 7) is 0. The molecule has 0 radical (unpaired) electrons. The molecule has 0 bridgehead atoms. The average Bonchev–Trinajstić information content (AvgIpc) is 4.18. The van der Waals surface area contributed by atoms with E-state index in [0.717, 1.165) is 94.0 Å². The van der Waals surface area contributed by atoms with E-state index >= 15 is 0 Å². The van der Waals surface area contributed by atoms with E-state index in [9.17, 15) is 0 Å². The van der Waals surface area contributed by atoms with Crippen molar-refractivity contribution in [2.45, 2.75) is 0 Å². The minimum Gasteiger partial charge on any atom is -0.455 e. The van der Waals surface area contributed by atoms with Crippen LogP contribution in [0.5, 0.6) is 0 Å². The van der Waals surface area contributed by atoms with Crippen LogP contribution in [-0.2, 0) is 0 Å². The zero-order valence-corrected chi connectivity index (χ0v) is 40.3. The van der Waals surface area contributed by atoms with Gasteiger partial charge in [-0.25, -0.2) is 15.0 Å². The summed E-state index contributed by atoms with van der Waals surface area (Å²) in [6, 6.07) is 88.9. The Morgan fingerprint density at radius 3 is 1.33 bits per heavy atom. The van der Waals surface area contributed by atoms with Gasteiger partial charge in [-0.2, -0.15) is 0 Å². The second-order valence-corrected chi connectivity index (χ2v) is 19.5. The van der Waals surface area contributed by atoms with Crippen molar-refractivity contribution in [2.24, 2.45) is 0 Å². The lowest BCUT2D eigenvalue weighted by Crippen LogP contribution is -2.00. The Balaban J connectivity index is 0.870. The predicted molar refractivity (Wildman–Crippen MR) is 310 cm³/mol. The van der Waals surface area contributed by atoms with Gasteiger partial charge in [-0.3, -0.25) is 0 Å². The zero-order chi connectivity index (χ0) is 49.1. The van der Waals surface area contributed by atoms with Gasteiger partial charge < -0.3 is 13.6 Å². The minimum absolute atomic E-state index is 0.629. The van der Waals surface area contributed by atoms with Crippen molar-refractivity contribution < 1.29 is 4.42 Å². The Morgan fingerprint density at radius 1 is 0.253 bits per heavy atom. The van der Waals surface area contributed by atoms with Crippen LogP contribution in [-0.4, -0.2) is 24.1 Å². The lowest BCUT2D eigenvalue weighted by atomic mass is 9.93. The van der Waals surface area contributed by atoms with E-state index in [1.165, 1.54) is 43.1 Å². The van der Waals surface area contributed by atoms with Crippen molar-refractivity contribution in [2.75, 3.05) is 0 Å². The summed E-state index contributed by atoms with van der Waals surface area (Å²) in [5, 5.41) is 14.1. The van der Waals surface area contributed by atoms with E-state index in [0.29, 0.717) is 17.5 Å². The fraction of sp³-hybridized carbons (Fsp3) is 0. The van der Waals surface area contributed by atoms with Crippen molar-refractivity contribution in [1.29, 1.82) is 0 Å². The van der Waals surface area contributed by atoms with E-state index in [2.05, 4.69) is 209 Å². The van der Waals surface area contributed by atoms with E-state index in [-0.39, 0.29) is 0 Å². The van der Waals surface area contributed by atoms with E-state index in [1.54, 1.807) is 0 Å². The van der Waals surface area contributed by atoms with Crippen molar-refractivity contribution in [3.05, 3.63) is 249 Å². The first kappa shape index (κ1) is 41.4. The summed E-state index contributed by atoms with van der Waals surface area (Å²) in [7, 11) is 0. The Bertz CT molecular complexity index is 4950. The largest absolute Gasteiger partial charge is 0.455 e. The Kier molecular flexibility index (Phi) is 8.94. The number of fused-ring (bicyclic) bond motifs is 15. The topological polar surface area (TPSA) is 61.7 Å². The first-order valence-corrected chi connectivity index (χ1v) is 25.4. The molecule has 16 aromatic rings. The molecular weight excluding hydrogens is 915 g/mol. The van der Waals surface area contributed by atoms with Gasteiger partial charge in [0.05, 0.1) is 22.1 Å². The fourth-order valence-corrected chi connectivity index (χ4v) is 11.9. The van der Waals surface area contributed by atoms with Crippen molar-refractivity contribution in [3.8, 4) is 56.7 Å². The summed E-state index contributed by atoms with van der Waals surface area (Å²) in [6.07, 6.45) is 0. The molecular formula is C69H41N5O. The number of hydrogen-bond acceptors (Lipinski definition) is 4. The number of hydrogen-bond donors (Lipinski definition) is 0. The lowest BCUT2D eigenvalue weighted by Gasteiger charge is -2.15. The third kappa shape index (κ3) is 6.36. The van der Waals surface area contributed by atoms with Crippen molar-refractivity contribution in [3.63, 3.8) is 0 Å². The van der Waals surface area contributed by atoms with E-state index in [1.807, 2.05) is 48.5 Å². The molecule has 0 spiro atoms. The molecule has 0 atom stereocenters. The highest BCUT2D eigenvalue weighted by Gasteiger charge is 2.21. The van der Waals surface area contributed by atoms with Gasteiger partial charge in [-0.05, 0) is 105 Å². The highest BCUT2D eigenvalue weighted by molar-refractivity contribution is 6.26. The number of benzene rings is 12. The number of nitrogens with zero attached hydrogens (tertiary/aromatic N) is 5. The number of furan rings is 1. The standard InChI is InChI=1S/C69H41N5O/c1-3-16-42(17-4-1)67-70-68(43-18-5-2-6-19-43)72-69(71-67)45-30-34-51-49-20-7-8-21-50(49)52-35-32-46(40-58(52)57(51)39-45)73-62-28-13-10-23-54(62)60-41-47(33-37-64(60)73)74-61-27-12-9-22-53(61)59-38-44(31-36-63(59)74)48-25-15-26-56-55-24-11-14-29-65(55)75-66(48)56/h1-41H. The highest BCUT2D eigenvalue weighted by Crippen LogP contribution is 2.43. The van der Waals surface area contributed by atoms with Gasteiger partial charge in [0.25, 0.3) is 0 Å². The smallest absolute Gasteiger partial charge is 0.164 e. The van der Waals surface area contributed by atoms with Gasteiger partial charge in [-0.15, -0.1) is 0 Å². The third-order valence-corrected chi connectivity index (χ3v) is 15.3. The molecule has 0 aliphatic carbocycles. The molecule has 16 rings (SSSR count). The van der Waals surface area contributed by atoms with Crippen molar-refractivity contribution in [1.82, 2.24) is 24.1 Å². The van der Waals surface area contributed by atoms with Crippen LogP contribution in [0.2, 0.25) is 0 Å². The summed E-state index contributed by atoms with van der Waals surface area (Å²) in [4.78, 5) is 15.3. The zero-order valence-electron chi connectivity index (χ0n) is 40.3. The summed E-state index contributed by atoms with van der Waals surface area (Å²) in [5.74, 6) is 1.91. The van der Waals surface area contributed by atoms with Gasteiger partial charge in [0.2, 0.25) is 0 Å². The molecule has 0 aliphatic rings. The SMILES string of the molecule is c1ccc(-c2nc(-c3ccccc3)nc(-c3ccc4c5ccccc5c5ccc(-n6c7ccccc7c7cc(-n8c9ccccc9c9cc(-c%10cccc%11c%10oc%10ccccc%10%11)ccc98)ccc76)cc5c4c3)n2)cc1. The molecule has 348 valence electrons. The molecule has 6 nitrogen and oxygen atoms in total. The first-order valence-electron chi connectivity index (χ1n) is 25.4. The van der Waals surface area contributed by atoms with Crippen LogP contribution in [0.25, 0.3) is 155 Å². The Labute approximate surface area is 429 Å². The Morgan fingerprint density at radius 2 is 0.680 bits per heavy atom. The molecule has 4 heterocycles. The van der Waals surface area contributed by atoms with E-state index in [4.69, 9.17) is 19.4 Å². The summed E-state index contributed by atoms with van der Waals surface area (Å²) >= 11 is 0. The van der Waals surface area contributed by atoms with Gasteiger partial charge in [0.15, 0.2) is 17.5 Å². The second-order valence-electron chi connectivity index (χ2n) is 19.5. The molecule has 0 unspecified atom stereocenters. The molecule has 6 heteroatoms. The first-order chi connectivity index (χ1) is 37.2. The van der Waals surface area contributed by atoms with Crippen LogP contribution in [0.3, 0.4) is 0 Å². The van der Waals surface area contributed by atoms with Gasteiger partial charge in [0.1, 0.15) is 11.2 Å². The van der Waals surface area contributed by atoms with Crippen LogP contribution in [0.1, 0.15) is 0 Å². The lowest BCUT2D eigenvalue weighted by molar-refractivity contribution is 0.670. The maximum Gasteiger partial charge on any atom is 0.164 e. The molecule has 0 N–H and O–H groups in total. The van der Waals surface area contributed by atoms with Crippen LogP contribution >= 0.6 is 0 Å². The monoisotopic (exact) mass is 955 g/mol. The third-order valence-electron chi connectivity index (χ3n) is 15.3. The molecule has 0 fully saturated rings. The maximum atomic E-state index is 6.52. The van der Waals surface area contributed by atoms with Crippen molar-refractivity contribution >= 4 is 97.9 Å². The van der Waals surface area contributed by atoms with Crippen LogP contribution in [0.4, 0.5) is 0 Å². The summed E-state index contributed by atoms with van der Waals surface area (Å²) < 4.78 is 11.4. The van der Waals surface area contributed by atoms with Gasteiger partial charge >= 0.3 is 0 Å². The fourth-order valence-electron chi connectivity index (χ4n) is 11.9. The quantitative estimate of drug-likeness (QED) is 0.156. The molecule has 0 aliphatic heterocycles. The van der Waals surface area contributed by atoms with Crippen LogP contribution in [0.15, 0.2) is 253 Å². The van der Waals surface area contributed by atoms with E-state index < -0.39 is 0 Å². The molecule has 0 saturated heterocycles. The summed E-state index contributed by atoms with van der Waals surface area (Å²) in [5.41, 5.74) is 13.6. The number of aromatic nitrogens is 5. The van der Waals surface area contributed by atoms with Gasteiger partial charge in [-0.1, -0.05) is 182 Å². The molecule has 75 heavy (non-hydrogen) atoms. The second kappa shape index (κ2) is 16.2. The number of rotatable bonds is 6. The molecule has 4 aromatic heterocycles. The normalized spacial score (nSPS) is 12.0. The minimum atomic E-state index is 0.629. The molecule has 0 saturated carbocycles.